The number of pyridine rings is 1. The van der Waals surface area contributed by atoms with Gasteiger partial charge in [0.05, 0.1) is 16.2 Å². The first kappa shape index (κ1) is 8.97. The molecule has 0 amide bonds. The summed E-state index contributed by atoms with van der Waals surface area (Å²) in [5, 5.41) is 13.0. The van der Waals surface area contributed by atoms with E-state index in [9.17, 15) is 0 Å². The van der Waals surface area contributed by atoms with Gasteiger partial charge in [0.2, 0.25) is 0 Å². The van der Waals surface area contributed by atoms with Crippen molar-refractivity contribution >= 4 is 27.5 Å². The molecule has 0 aliphatic heterocycles. The lowest BCUT2D eigenvalue weighted by Gasteiger charge is -1.99. The summed E-state index contributed by atoms with van der Waals surface area (Å²) in [5.74, 6) is 0. The van der Waals surface area contributed by atoms with Crippen LogP contribution < -0.4 is 0 Å². The number of hydrogen-bond acceptors (Lipinski definition) is 2. The quantitative estimate of drug-likeness (QED) is 0.778. The molecule has 2 rings (SSSR count). The lowest BCUT2D eigenvalue weighted by Crippen LogP contribution is -1.94. The van der Waals surface area contributed by atoms with Crippen molar-refractivity contribution in [1.29, 1.82) is 5.26 Å². The van der Waals surface area contributed by atoms with Crippen molar-refractivity contribution in [2.75, 3.05) is 0 Å². The zero-order valence-corrected chi connectivity index (χ0v) is 8.82. The van der Waals surface area contributed by atoms with E-state index in [1.165, 1.54) is 0 Å². The molecule has 0 fully saturated rings. The van der Waals surface area contributed by atoms with Crippen LogP contribution in [0.25, 0.3) is 11.6 Å². The molecular weight excluding hydrogens is 242 g/mol. The van der Waals surface area contributed by atoms with E-state index in [0.717, 1.165) is 15.6 Å². The molecule has 0 aliphatic carbocycles. The molecule has 4 heteroatoms. The molecule has 0 aliphatic rings. The first-order chi connectivity index (χ1) is 6.76. The Bertz CT molecular complexity index is 548. The topological polar surface area (TPSA) is 41.1 Å². The molecule has 0 saturated carbocycles. The maximum absolute atomic E-state index is 8.90. The van der Waals surface area contributed by atoms with Gasteiger partial charge in [-0.1, -0.05) is 12.7 Å². The Labute approximate surface area is 89.4 Å². The van der Waals surface area contributed by atoms with Crippen LogP contribution in [0.4, 0.5) is 0 Å². The van der Waals surface area contributed by atoms with Gasteiger partial charge in [0.25, 0.3) is 0 Å². The Balaban J connectivity index is 2.91. The van der Waals surface area contributed by atoms with Crippen molar-refractivity contribution in [3.63, 3.8) is 0 Å². The van der Waals surface area contributed by atoms with Crippen LogP contribution in [0, 0.1) is 11.3 Å². The minimum Gasteiger partial charge on any atom is -0.222 e. The third-order valence-electron chi connectivity index (χ3n) is 1.94. The zero-order valence-electron chi connectivity index (χ0n) is 7.24. The number of halogens is 1. The molecule has 0 N–H and O–H groups in total. The van der Waals surface area contributed by atoms with Gasteiger partial charge in [0.15, 0.2) is 0 Å². The van der Waals surface area contributed by atoms with Crippen LogP contribution in [0.5, 0.6) is 0 Å². The molecule has 3 nitrogen and oxygen atoms in total. The normalized spacial score (nSPS) is 10.0. The lowest BCUT2D eigenvalue weighted by molar-refractivity contribution is 0.940. The predicted molar refractivity (Wildman–Crippen MR) is 57.7 cm³/mol. The molecule has 14 heavy (non-hydrogen) atoms. The van der Waals surface area contributed by atoms with Gasteiger partial charge < -0.3 is 0 Å². The fourth-order valence-electron chi connectivity index (χ4n) is 1.28. The van der Waals surface area contributed by atoms with Gasteiger partial charge in [-0.15, -0.1) is 0 Å². The highest BCUT2D eigenvalue weighted by Gasteiger charge is 2.06. The SMILES string of the molecule is C=Cc1cc(C#N)n2ncc(Br)c2c1. The van der Waals surface area contributed by atoms with Crippen molar-refractivity contribution in [1.82, 2.24) is 9.61 Å². The average Bonchev–Trinajstić information content (AvgIpc) is 2.59. The second-order valence-electron chi connectivity index (χ2n) is 2.78. The molecule has 0 spiro atoms. The Morgan fingerprint density at radius 3 is 3.00 bits per heavy atom. The summed E-state index contributed by atoms with van der Waals surface area (Å²) in [4.78, 5) is 0. The van der Waals surface area contributed by atoms with E-state index in [1.54, 1.807) is 22.9 Å². The fraction of sp³-hybridized carbons (Fsp3) is 0. The maximum Gasteiger partial charge on any atom is 0.143 e. The van der Waals surface area contributed by atoms with Gasteiger partial charge >= 0.3 is 0 Å². The number of fused-ring (bicyclic) bond motifs is 1. The molecule has 0 radical (unpaired) electrons. The summed E-state index contributed by atoms with van der Waals surface area (Å²) in [5.41, 5.74) is 2.29. The van der Waals surface area contributed by atoms with E-state index >= 15 is 0 Å². The Morgan fingerprint density at radius 2 is 2.36 bits per heavy atom. The van der Waals surface area contributed by atoms with Crippen molar-refractivity contribution in [3.8, 4) is 6.07 Å². The van der Waals surface area contributed by atoms with Crippen molar-refractivity contribution < 1.29 is 0 Å². The summed E-state index contributed by atoms with van der Waals surface area (Å²) in [6, 6.07) is 5.76. The third kappa shape index (κ3) is 1.22. The van der Waals surface area contributed by atoms with E-state index < -0.39 is 0 Å². The summed E-state index contributed by atoms with van der Waals surface area (Å²) in [6.45, 7) is 3.67. The van der Waals surface area contributed by atoms with E-state index in [4.69, 9.17) is 5.26 Å². The summed E-state index contributed by atoms with van der Waals surface area (Å²) in [6.07, 6.45) is 3.38. The highest BCUT2D eigenvalue weighted by atomic mass is 79.9. The smallest absolute Gasteiger partial charge is 0.143 e. The fourth-order valence-corrected chi connectivity index (χ4v) is 1.65. The van der Waals surface area contributed by atoms with Crippen LogP contribution in [0.15, 0.2) is 29.4 Å². The number of hydrogen-bond donors (Lipinski definition) is 0. The minimum atomic E-state index is 0.503. The maximum atomic E-state index is 8.90. The molecule has 0 bridgehead atoms. The first-order valence-corrected chi connectivity index (χ1v) is 4.75. The van der Waals surface area contributed by atoms with Crippen LogP contribution in [0.1, 0.15) is 11.3 Å². The van der Waals surface area contributed by atoms with Crippen molar-refractivity contribution in [3.05, 3.63) is 40.6 Å². The van der Waals surface area contributed by atoms with Gasteiger partial charge in [0.1, 0.15) is 11.8 Å². The van der Waals surface area contributed by atoms with E-state index in [-0.39, 0.29) is 0 Å². The van der Waals surface area contributed by atoms with Crippen LogP contribution in [0.2, 0.25) is 0 Å². The number of nitriles is 1. The Hall–Kier alpha value is -1.60. The summed E-state index contributed by atoms with van der Waals surface area (Å²) < 4.78 is 2.47. The highest BCUT2D eigenvalue weighted by molar-refractivity contribution is 9.10. The van der Waals surface area contributed by atoms with Gasteiger partial charge in [0, 0.05) is 0 Å². The van der Waals surface area contributed by atoms with Crippen LogP contribution in [-0.4, -0.2) is 9.61 Å². The van der Waals surface area contributed by atoms with Gasteiger partial charge in [-0.25, -0.2) is 4.52 Å². The van der Waals surface area contributed by atoms with E-state index in [1.807, 2.05) is 6.07 Å². The molecule has 0 saturated heterocycles. The standard InChI is InChI=1S/C10H6BrN3/c1-2-7-3-8(5-12)14-10(4-7)9(11)6-13-14/h2-4,6H,1H2. The highest BCUT2D eigenvalue weighted by Crippen LogP contribution is 2.20. The average molecular weight is 248 g/mol. The van der Waals surface area contributed by atoms with E-state index in [0.29, 0.717) is 5.69 Å². The van der Waals surface area contributed by atoms with Gasteiger partial charge in [-0.05, 0) is 33.6 Å². The van der Waals surface area contributed by atoms with Crippen molar-refractivity contribution in [2.24, 2.45) is 0 Å². The van der Waals surface area contributed by atoms with Crippen LogP contribution >= 0.6 is 15.9 Å². The summed E-state index contributed by atoms with van der Waals surface area (Å²) >= 11 is 3.37. The predicted octanol–water partition coefficient (Wildman–Crippen LogP) is 2.61. The lowest BCUT2D eigenvalue weighted by atomic mass is 10.2. The molecule has 2 aromatic rings. The Morgan fingerprint density at radius 1 is 1.57 bits per heavy atom. The van der Waals surface area contributed by atoms with Gasteiger partial charge in [-0.3, -0.25) is 0 Å². The monoisotopic (exact) mass is 247 g/mol. The number of aromatic nitrogens is 2. The van der Waals surface area contributed by atoms with Crippen LogP contribution in [0.3, 0.4) is 0 Å². The largest absolute Gasteiger partial charge is 0.222 e. The molecular formula is C10H6BrN3. The molecule has 2 aromatic heterocycles. The van der Waals surface area contributed by atoms with Gasteiger partial charge in [-0.2, -0.15) is 10.4 Å². The number of nitrogens with zero attached hydrogens (tertiary/aromatic N) is 3. The molecule has 0 atom stereocenters. The van der Waals surface area contributed by atoms with Crippen molar-refractivity contribution in [2.45, 2.75) is 0 Å². The Kier molecular flexibility index (Phi) is 2.10. The summed E-state index contributed by atoms with van der Waals surface area (Å²) in [7, 11) is 0. The van der Waals surface area contributed by atoms with E-state index in [2.05, 4.69) is 33.7 Å². The molecule has 68 valence electrons. The second-order valence-corrected chi connectivity index (χ2v) is 3.63. The minimum absolute atomic E-state index is 0.503. The second kappa shape index (κ2) is 3.28. The molecule has 2 heterocycles. The molecule has 0 aromatic carbocycles. The first-order valence-electron chi connectivity index (χ1n) is 3.96. The third-order valence-corrected chi connectivity index (χ3v) is 2.56. The molecule has 0 unspecified atom stereocenters. The number of rotatable bonds is 1. The zero-order chi connectivity index (χ0) is 10.1. The van der Waals surface area contributed by atoms with Crippen LogP contribution in [-0.2, 0) is 0 Å².